The van der Waals surface area contributed by atoms with Crippen LogP contribution >= 0.6 is 0 Å². The maximum Gasteiger partial charge on any atom is 0.317 e. The Morgan fingerprint density at radius 3 is 2.42 bits per heavy atom. The van der Waals surface area contributed by atoms with E-state index in [1.54, 1.807) is 0 Å². The van der Waals surface area contributed by atoms with E-state index < -0.39 is 5.97 Å². The summed E-state index contributed by atoms with van der Waals surface area (Å²) in [6, 6.07) is 0.267. The molecule has 1 unspecified atom stereocenters. The van der Waals surface area contributed by atoms with E-state index in [9.17, 15) is 9.59 Å². The molecular weight excluding hydrogens is 246 g/mol. The van der Waals surface area contributed by atoms with Gasteiger partial charge in [-0.15, -0.1) is 0 Å². The van der Waals surface area contributed by atoms with Crippen LogP contribution in [0.25, 0.3) is 0 Å². The Balaban J connectivity index is 1.71. The molecule has 108 valence electrons. The van der Waals surface area contributed by atoms with Crippen LogP contribution < -0.4 is 5.32 Å². The van der Waals surface area contributed by atoms with Gasteiger partial charge in [0.05, 0.1) is 0 Å². The molecule has 2 N–H and O–H groups in total. The molecule has 6 nitrogen and oxygen atoms in total. The first kappa shape index (κ1) is 14.1. The predicted molar refractivity (Wildman–Crippen MR) is 71.0 cm³/mol. The summed E-state index contributed by atoms with van der Waals surface area (Å²) in [4.78, 5) is 26.7. The van der Waals surface area contributed by atoms with E-state index >= 15 is 0 Å². The minimum absolute atomic E-state index is 0.00840. The molecule has 2 fully saturated rings. The molecule has 2 aliphatic heterocycles. The molecule has 0 radical (unpaired) electrons. The van der Waals surface area contributed by atoms with Crippen LogP contribution in [0.5, 0.6) is 0 Å². The lowest BCUT2D eigenvalue weighted by Gasteiger charge is -2.32. The van der Waals surface area contributed by atoms with Gasteiger partial charge in [-0.3, -0.25) is 4.79 Å². The maximum absolute atomic E-state index is 12.1. The van der Waals surface area contributed by atoms with E-state index in [2.05, 4.69) is 17.3 Å². The molecule has 2 amide bonds. The van der Waals surface area contributed by atoms with Crippen LogP contribution in [0, 0.1) is 5.92 Å². The van der Waals surface area contributed by atoms with Gasteiger partial charge in [-0.25, -0.2) is 4.79 Å². The Hall–Kier alpha value is -1.30. The zero-order chi connectivity index (χ0) is 13.8. The standard InChI is InChI=1S/C13H23N3O3/c1-15-5-4-11(9-15)14-13(19)16-6-2-10(3-7-16)8-12(17)18/h10-11H,2-9H2,1H3,(H,14,19)(H,17,18). The number of hydrogen-bond donors (Lipinski definition) is 2. The molecule has 2 heterocycles. The van der Waals surface area contributed by atoms with Gasteiger partial charge in [0, 0.05) is 32.1 Å². The maximum atomic E-state index is 12.1. The molecule has 0 saturated carbocycles. The monoisotopic (exact) mass is 269 g/mol. The summed E-state index contributed by atoms with van der Waals surface area (Å²) in [6.45, 7) is 3.30. The van der Waals surface area contributed by atoms with Crippen LogP contribution in [0.1, 0.15) is 25.7 Å². The molecule has 0 aliphatic carbocycles. The molecule has 6 heteroatoms. The number of amides is 2. The lowest BCUT2D eigenvalue weighted by atomic mass is 9.94. The van der Waals surface area contributed by atoms with Crippen LogP contribution in [-0.4, -0.2) is 66.2 Å². The van der Waals surface area contributed by atoms with Crippen LogP contribution in [-0.2, 0) is 4.79 Å². The number of rotatable bonds is 3. The summed E-state index contributed by atoms with van der Waals surface area (Å²) in [6.07, 6.45) is 2.83. The summed E-state index contributed by atoms with van der Waals surface area (Å²) in [5.41, 5.74) is 0. The molecule has 0 bridgehead atoms. The molecule has 0 spiro atoms. The minimum atomic E-state index is -0.739. The highest BCUT2D eigenvalue weighted by molar-refractivity contribution is 5.74. The normalized spacial score (nSPS) is 25.5. The van der Waals surface area contributed by atoms with E-state index in [1.165, 1.54) is 0 Å². The van der Waals surface area contributed by atoms with Crippen molar-refractivity contribution >= 4 is 12.0 Å². The number of carbonyl (C=O) groups excluding carboxylic acids is 1. The smallest absolute Gasteiger partial charge is 0.317 e. The Morgan fingerprint density at radius 2 is 1.89 bits per heavy atom. The van der Waals surface area contributed by atoms with Crippen molar-refractivity contribution in [3.63, 3.8) is 0 Å². The quantitative estimate of drug-likeness (QED) is 0.786. The molecule has 1 atom stereocenters. The van der Waals surface area contributed by atoms with Gasteiger partial charge in [-0.1, -0.05) is 0 Å². The number of nitrogens with zero attached hydrogens (tertiary/aromatic N) is 2. The Kier molecular flexibility index (Phi) is 4.63. The molecule has 2 rings (SSSR count). The van der Waals surface area contributed by atoms with Crippen LogP contribution in [0.2, 0.25) is 0 Å². The molecule has 2 saturated heterocycles. The second-order valence-electron chi connectivity index (χ2n) is 5.73. The lowest BCUT2D eigenvalue weighted by Crippen LogP contribution is -2.48. The molecule has 0 aromatic heterocycles. The minimum Gasteiger partial charge on any atom is -0.481 e. The number of urea groups is 1. The van der Waals surface area contributed by atoms with Gasteiger partial charge in [-0.05, 0) is 38.8 Å². The van der Waals surface area contributed by atoms with Gasteiger partial charge in [0.1, 0.15) is 0 Å². The molecule has 2 aliphatic rings. The Labute approximate surface area is 113 Å². The number of carboxylic acids is 1. The second kappa shape index (κ2) is 6.23. The molecular formula is C13H23N3O3. The largest absolute Gasteiger partial charge is 0.481 e. The van der Waals surface area contributed by atoms with Gasteiger partial charge < -0.3 is 20.2 Å². The van der Waals surface area contributed by atoms with E-state index in [0.29, 0.717) is 13.1 Å². The van der Waals surface area contributed by atoms with Crippen molar-refractivity contribution in [2.24, 2.45) is 5.92 Å². The molecule has 0 aromatic rings. The van der Waals surface area contributed by atoms with Crippen molar-refractivity contribution in [3.05, 3.63) is 0 Å². The van der Waals surface area contributed by atoms with E-state index in [4.69, 9.17) is 5.11 Å². The highest BCUT2D eigenvalue weighted by atomic mass is 16.4. The van der Waals surface area contributed by atoms with Crippen molar-refractivity contribution in [2.45, 2.75) is 31.7 Å². The molecule has 0 aromatic carbocycles. The number of carboxylic acid groups (broad SMARTS) is 1. The van der Waals surface area contributed by atoms with Crippen molar-refractivity contribution < 1.29 is 14.7 Å². The van der Waals surface area contributed by atoms with Gasteiger partial charge in [0.15, 0.2) is 0 Å². The molecule has 19 heavy (non-hydrogen) atoms. The number of nitrogens with one attached hydrogen (secondary N) is 1. The number of likely N-dealkylation sites (N-methyl/N-ethyl adjacent to an activating group) is 1. The van der Waals surface area contributed by atoms with E-state index in [0.717, 1.165) is 32.4 Å². The van der Waals surface area contributed by atoms with Crippen molar-refractivity contribution in [1.82, 2.24) is 15.1 Å². The van der Waals surface area contributed by atoms with Gasteiger partial charge >= 0.3 is 12.0 Å². The van der Waals surface area contributed by atoms with Crippen molar-refractivity contribution in [3.8, 4) is 0 Å². The topological polar surface area (TPSA) is 72.9 Å². The number of aliphatic carboxylic acids is 1. The number of piperidine rings is 1. The fourth-order valence-corrected chi connectivity index (χ4v) is 2.91. The summed E-state index contributed by atoms with van der Waals surface area (Å²) < 4.78 is 0. The second-order valence-corrected chi connectivity index (χ2v) is 5.73. The summed E-state index contributed by atoms with van der Waals surface area (Å²) in [7, 11) is 2.06. The third kappa shape index (κ3) is 4.09. The van der Waals surface area contributed by atoms with Crippen molar-refractivity contribution in [1.29, 1.82) is 0 Å². The zero-order valence-electron chi connectivity index (χ0n) is 11.5. The fourth-order valence-electron chi connectivity index (χ4n) is 2.91. The summed E-state index contributed by atoms with van der Waals surface area (Å²) >= 11 is 0. The van der Waals surface area contributed by atoms with Gasteiger partial charge in [-0.2, -0.15) is 0 Å². The summed E-state index contributed by atoms with van der Waals surface area (Å²) in [5.74, 6) is -0.518. The highest BCUT2D eigenvalue weighted by Gasteiger charge is 2.27. The van der Waals surface area contributed by atoms with E-state index in [-0.39, 0.29) is 24.4 Å². The lowest BCUT2D eigenvalue weighted by molar-refractivity contribution is -0.138. The SMILES string of the molecule is CN1CCC(NC(=O)N2CCC(CC(=O)O)CC2)C1. The highest BCUT2D eigenvalue weighted by Crippen LogP contribution is 2.20. The Bertz CT molecular complexity index is 340. The van der Waals surface area contributed by atoms with Crippen LogP contribution in [0.4, 0.5) is 4.79 Å². The third-order valence-electron chi connectivity index (χ3n) is 4.08. The first-order chi connectivity index (χ1) is 9.04. The number of likely N-dealkylation sites (tertiary alicyclic amines) is 2. The van der Waals surface area contributed by atoms with Crippen molar-refractivity contribution in [2.75, 3.05) is 33.2 Å². The fraction of sp³-hybridized carbons (Fsp3) is 0.846. The first-order valence-electron chi connectivity index (χ1n) is 7.00. The average molecular weight is 269 g/mol. The predicted octanol–water partition coefficient (Wildman–Crippen LogP) is 0.587. The van der Waals surface area contributed by atoms with Gasteiger partial charge in [0.2, 0.25) is 0 Å². The van der Waals surface area contributed by atoms with Crippen LogP contribution in [0.15, 0.2) is 0 Å². The van der Waals surface area contributed by atoms with Crippen LogP contribution in [0.3, 0.4) is 0 Å². The Morgan fingerprint density at radius 1 is 1.21 bits per heavy atom. The summed E-state index contributed by atoms with van der Waals surface area (Å²) in [5, 5.41) is 11.8. The number of carbonyl (C=O) groups is 2. The number of hydrogen-bond acceptors (Lipinski definition) is 3. The van der Waals surface area contributed by atoms with E-state index in [1.807, 2.05) is 4.90 Å². The van der Waals surface area contributed by atoms with Gasteiger partial charge in [0.25, 0.3) is 0 Å². The third-order valence-corrected chi connectivity index (χ3v) is 4.08. The average Bonchev–Trinajstić information content (AvgIpc) is 2.75. The zero-order valence-corrected chi connectivity index (χ0v) is 11.5. The first-order valence-corrected chi connectivity index (χ1v) is 7.00.